The fourth-order valence-electron chi connectivity index (χ4n) is 3.63. The molecule has 2 atom stereocenters. The van der Waals surface area contributed by atoms with Crippen molar-refractivity contribution in [3.05, 3.63) is 35.4 Å². The summed E-state index contributed by atoms with van der Waals surface area (Å²) in [5.74, 6) is 0.256. The van der Waals surface area contributed by atoms with Crippen molar-refractivity contribution in [1.29, 1.82) is 0 Å². The lowest BCUT2D eigenvalue weighted by atomic mass is 10.1. The zero-order valence-electron chi connectivity index (χ0n) is 13.8. The van der Waals surface area contributed by atoms with Gasteiger partial charge in [0, 0.05) is 25.6 Å². The Bertz CT molecular complexity index is 517. The molecule has 1 aliphatic heterocycles. The third kappa shape index (κ3) is 4.25. The van der Waals surface area contributed by atoms with E-state index in [0.29, 0.717) is 13.0 Å². The van der Waals surface area contributed by atoms with Crippen LogP contribution in [-0.2, 0) is 16.0 Å². The highest BCUT2D eigenvalue weighted by atomic mass is 35.5. The van der Waals surface area contributed by atoms with Crippen molar-refractivity contribution >= 4 is 18.3 Å². The first-order chi connectivity index (χ1) is 10.8. The van der Waals surface area contributed by atoms with E-state index in [1.54, 1.807) is 0 Å². The van der Waals surface area contributed by atoms with Crippen LogP contribution < -0.4 is 5.32 Å². The maximum Gasteiger partial charge on any atom is 0.224 e. The number of rotatable bonds is 5. The largest absolute Gasteiger partial charge is 0.378 e. The van der Waals surface area contributed by atoms with Gasteiger partial charge >= 0.3 is 0 Å². The summed E-state index contributed by atoms with van der Waals surface area (Å²) in [4.78, 5) is 14.9. The van der Waals surface area contributed by atoms with Gasteiger partial charge in [0.05, 0.1) is 19.3 Å². The minimum Gasteiger partial charge on any atom is -0.378 e. The Morgan fingerprint density at radius 1 is 1.39 bits per heavy atom. The standard InChI is InChI=1S/C18H26N2O2.ClH/c1-2-10-20(18(21)12-15-13-22-11-9-19-15)17-8-7-14-5-3-4-6-16(14)17;/h3-6,15,17,19H,2,7-13H2,1H3;1H. The third-order valence-electron chi connectivity index (χ3n) is 4.68. The van der Waals surface area contributed by atoms with E-state index < -0.39 is 0 Å². The minimum atomic E-state index is 0. The van der Waals surface area contributed by atoms with E-state index in [1.807, 2.05) is 0 Å². The molecule has 0 bridgehead atoms. The van der Waals surface area contributed by atoms with Gasteiger partial charge in [-0.1, -0.05) is 31.2 Å². The highest BCUT2D eigenvalue weighted by molar-refractivity contribution is 5.85. The molecule has 1 aliphatic carbocycles. The average Bonchev–Trinajstić information content (AvgIpc) is 2.97. The second kappa shape index (κ2) is 8.67. The van der Waals surface area contributed by atoms with Crippen molar-refractivity contribution in [3.8, 4) is 0 Å². The number of amides is 1. The van der Waals surface area contributed by atoms with E-state index in [0.717, 1.165) is 39.0 Å². The fourth-order valence-corrected chi connectivity index (χ4v) is 3.63. The minimum absolute atomic E-state index is 0. The van der Waals surface area contributed by atoms with E-state index in [-0.39, 0.29) is 30.4 Å². The average molecular weight is 339 g/mol. The number of fused-ring (bicyclic) bond motifs is 1. The molecule has 0 spiro atoms. The summed E-state index contributed by atoms with van der Waals surface area (Å²) in [7, 11) is 0. The van der Waals surface area contributed by atoms with E-state index in [9.17, 15) is 4.79 Å². The molecule has 23 heavy (non-hydrogen) atoms. The molecule has 1 amide bonds. The molecule has 0 radical (unpaired) electrons. The zero-order chi connectivity index (χ0) is 15.4. The monoisotopic (exact) mass is 338 g/mol. The molecule has 2 unspecified atom stereocenters. The maximum atomic E-state index is 12.8. The molecule has 4 nitrogen and oxygen atoms in total. The van der Waals surface area contributed by atoms with Crippen molar-refractivity contribution in [3.63, 3.8) is 0 Å². The molecule has 1 aromatic rings. The van der Waals surface area contributed by atoms with Gasteiger partial charge in [0.2, 0.25) is 5.91 Å². The molecule has 1 saturated heterocycles. The molecule has 128 valence electrons. The number of carbonyl (C=O) groups excluding carboxylic acids is 1. The number of nitrogens with zero attached hydrogens (tertiary/aromatic N) is 1. The lowest BCUT2D eigenvalue weighted by Crippen LogP contribution is -2.45. The van der Waals surface area contributed by atoms with Crippen LogP contribution >= 0.6 is 12.4 Å². The van der Waals surface area contributed by atoms with Crippen LogP contribution in [0.4, 0.5) is 0 Å². The number of halogens is 1. The number of ether oxygens (including phenoxy) is 1. The smallest absolute Gasteiger partial charge is 0.224 e. The topological polar surface area (TPSA) is 41.6 Å². The fraction of sp³-hybridized carbons (Fsp3) is 0.611. The van der Waals surface area contributed by atoms with E-state index >= 15 is 0 Å². The van der Waals surface area contributed by atoms with E-state index in [1.165, 1.54) is 11.1 Å². The molecule has 3 rings (SSSR count). The van der Waals surface area contributed by atoms with Gasteiger partial charge in [0.1, 0.15) is 0 Å². The molecule has 0 saturated carbocycles. The lowest BCUT2D eigenvalue weighted by molar-refractivity contribution is -0.135. The number of hydrogen-bond donors (Lipinski definition) is 1. The molecule has 1 fully saturated rings. The van der Waals surface area contributed by atoms with E-state index in [4.69, 9.17) is 4.74 Å². The van der Waals surface area contributed by atoms with Crippen LogP contribution in [0.1, 0.15) is 43.4 Å². The molecular weight excluding hydrogens is 312 g/mol. The van der Waals surface area contributed by atoms with Crippen LogP contribution in [-0.4, -0.2) is 43.2 Å². The van der Waals surface area contributed by atoms with Crippen LogP contribution in [0.3, 0.4) is 0 Å². The second-order valence-electron chi connectivity index (χ2n) is 6.27. The zero-order valence-corrected chi connectivity index (χ0v) is 14.6. The van der Waals surface area contributed by atoms with Crippen molar-refractivity contribution in [2.24, 2.45) is 0 Å². The Morgan fingerprint density at radius 2 is 2.22 bits per heavy atom. The molecule has 1 aromatic carbocycles. The summed E-state index contributed by atoms with van der Waals surface area (Å²) >= 11 is 0. The Morgan fingerprint density at radius 3 is 2.96 bits per heavy atom. The Hall–Kier alpha value is -1.10. The lowest BCUT2D eigenvalue weighted by Gasteiger charge is -2.32. The van der Waals surface area contributed by atoms with E-state index in [2.05, 4.69) is 41.4 Å². The van der Waals surface area contributed by atoms with Gasteiger partial charge in [-0.15, -0.1) is 12.4 Å². The second-order valence-corrected chi connectivity index (χ2v) is 6.27. The van der Waals surface area contributed by atoms with Gasteiger partial charge in [-0.3, -0.25) is 4.79 Å². The quantitative estimate of drug-likeness (QED) is 0.897. The van der Waals surface area contributed by atoms with Gasteiger partial charge in [-0.2, -0.15) is 0 Å². The Kier molecular flexibility index (Phi) is 6.88. The Labute approximate surface area is 145 Å². The van der Waals surface area contributed by atoms with Gasteiger partial charge in [-0.05, 0) is 30.4 Å². The summed E-state index contributed by atoms with van der Waals surface area (Å²) < 4.78 is 5.47. The number of nitrogens with one attached hydrogen (secondary N) is 1. The molecular formula is C18H27ClN2O2. The van der Waals surface area contributed by atoms with Crippen molar-refractivity contribution in [2.45, 2.75) is 44.7 Å². The van der Waals surface area contributed by atoms with Crippen molar-refractivity contribution < 1.29 is 9.53 Å². The van der Waals surface area contributed by atoms with Gasteiger partial charge in [0.15, 0.2) is 0 Å². The summed E-state index contributed by atoms with van der Waals surface area (Å²) in [6.07, 6.45) is 3.68. The molecule has 2 aliphatic rings. The van der Waals surface area contributed by atoms with Gasteiger partial charge in [-0.25, -0.2) is 0 Å². The summed E-state index contributed by atoms with van der Waals surface area (Å²) in [5, 5.41) is 3.38. The van der Waals surface area contributed by atoms with Crippen molar-refractivity contribution in [2.75, 3.05) is 26.3 Å². The van der Waals surface area contributed by atoms with Gasteiger partial charge in [0.25, 0.3) is 0 Å². The summed E-state index contributed by atoms with van der Waals surface area (Å²) in [6, 6.07) is 8.98. The van der Waals surface area contributed by atoms with Crippen molar-refractivity contribution in [1.82, 2.24) is 10.2 Å². The van der Waals surface area contributed by atoms with Crippen LogP contribution in [0.15, 0.2) is 24.3 Å². The number of hydrogen-bond acceptors (Lipinski definition) is 3. The van der Waals surface area contributed by atoms with Crippen LogP contribution in [0, 0.1) is 0 Å². The van der Waals surface area contributed by atoms with Crippen LogP contribution in [0.25, 0.3) is 0 Å². The molecule has 1 N–H and O–H groups in total. The first-order valence-electron chi connectivity index (χ1n) is 8.48. The summed E-state index contributed by atoms with van der Waals surface area (Å²) in [5.41, 5.74) is 2.75. The number of aryl methyl sites for hydroxylation is 1. The van der Waals surface area contributed by atoms with Gasteiger partial charge < -0.3 is 15.0 Å². The Balaban J connectivity index is 0.00000192. The SMILES string of the molecule is CCCN(C(=O)CC1COCCN1)C1CCc2ccccc21.Cl. The number of carbonyl (C=O) groups is 1. The highest BCUT2D eigenvalue weighted by Crippen LogP contribution is 2.36. The first-order valence-corrected chi connectivity index (χ1v) is 8.48. The predicted octanol–water partition coefficient (Wildman–Crippen LogP) is 2.71. The highest BCUT2D eigenvalue weighted by Gasteiger charge is 2.31. The number of benzene rings is 1. The van der Waals surface area contributed by atoms with Crippen LogP contribution in [0.2, 0.25) is 0 Å². The normalized spacial score (nSPS) is 23.0. The maximum absolute atomic E-state index is 12.8. The third-order valence-corrected chi connectivity index (χ3v) is 4.68. The predicted molar refractivity (Wildman–Crippen MR) is 94.0 cm³/mol. The molecule has 0 aromatic heterocycles. The first kappa shape index (κ1) is 18.2. The molecule has 5 heteroatoms. The number of morpholine rings is 1. The molecule has 1 heterocycles. The van der Waals surface area contributed by atoms with Crippen LogP contribution in [0.5, 0.6) is 0 Å². The summed E-state index contributed by atoms with van der Waals surface area (Å²) in [6.45, 7) is 5.22.